The molecule has 0 aliphatic carbocycles. The summed E-state index contributed by atoms with van der Waals surface area (Å²) in [6, 6.07) is 10.9. The number of esters is 1. The van der Waals surface area contributed by atoms with Crippen molar-refractivity contribution in [2.75, 3.05) is 18.5 Å². The second-order valence-corrected chi connectivity index (χ2v) is 7.64. The first-order chi connectivity index (χ1) is 14.4. The molecule has 0 unspecified atom stereocenters. The van der Waals surface area contributed by atoms with E-state index in [1.807, 2.05) is 6.92 Å². The number of anilines is 1. The van der Waals surface area contributed by atoms with Crippen LogP contribution in [0.15, 0.2) is 47.8 Å². The normalized spacial score (nSPS) is 10.5. The molecule has 0 bridgehead atoms. The molecule has 0 aliphatic rings. The number of ether oxygens (including phenoxy) is 2. The van der Waals surface area contributed by atoms with Gasteiger partial charge in [-0.25, -0.2) is 9.18 Å². The Bertz CT molecular complexity index is 1070. The molecule has 0 saturated heterocycles. The van der Waals surface area contributed by atoms with Crippen molar-refractivity contribution in [3.63, 3.8) is 0 Å². The van der Waals surface area contributed by atoms with Gasteiger partial charge in [-0.1, -0.05) is 23.7 Å². The van der Waals surface area contributed by atoms with Crippen LogP contribution in [-0.2, 0) is 9.53 Å². The van der Waals surface area contributed by atoms with Gasteiger partial charge >= 0.3 is 5.97 Å². The molecule has 156 valence electrons. The van der Waals surface area contributed by atoms with Crippen LogP contribution in [0.1, 0.15) is 22.8 Å². The third kappa shape index (κ3) is 5.17. The number of carbonyl (C=O) groups is 2. The fraction of sp³-hybridized carbons (Fsp3) is 0.182. The zero-order valence-corrected chi connectivity index (χ0v) is 17.9. The summed E-state index contributed by atoms with van der Waals surface area (Å²) in [4.78, 5) is 25.0. The van der Waals surface area contributed by atoms with E-state index in [1.54, 1.807) is 42.6 Å². The summed E-state index contributed by atoms with van der Waals surface area (Å²) < 4.78 is 24.0. The van der Waals surface area contributed by atoms with Gasteiger partial charge in [-0.2, -0.15) is 0 Å². The number of aryl methyl sites for hydroxylation is 1. The Morgan fingerprint density at radius 1 is 1.17 bits per heavy atom. The lowest BCUT2D eigenvalue weighted by molar-refractivity contribution is -0.118. The van der Waals surface area contributed by atoms with E-state index in [0.717, 1.165) is 5.56 Å². The average Bonchev–Trinajstić information content (AvgIpc) is 3.11. The maximum absolute atomic E-state index is 13.3. The number of rotatable bonds is 7. The van der Waals surface area contributed by atoms with Gasteiger partial charge in [0.15, 0.2) is 6.61 Å². The van der Waals surface area contributed by atoms with Gasteiger partial charge < -0.3 is 14.8 Å². The molecule has 1 amide bonds. The quantitative estimate of drug-likeness (QED) is 0.471. The van der Waals surface area contributed by atoms with Crippen molar-refractivity contribution in [3.05, 3.63) is 69.8 Å². The molecule has 8 heteroatoms. The standard InChI is InChI=1S/C22H19ClFNO4S/c1-3-28-22(27)20-17(14-4-7-16(24)8-5-14)12-30-21(20)25-19(26)11-29-18-9-6-15(23)10-13(18)2/h4-10,12H,3,11H2,1-2H3,(H,25,26). The first-order valence-electron chi connectivity index (χ1n) is 9.12. The molecule has 2 aromatic carbocycles. The van der Waals surface area contributed by atoms with E-state index in [4.69, 9.17) is 21.1 Å². The van der Waals surface area contributed by atoms with Gasteiger partial charge in [-0.15, -0.1) is 11.3 Å². The highest BCUT2D eigenvalue weighted by molar-refractivity contribution is 7.15. The molecule has 1 heterocycles. The van der Waals surface area contributed by atoms with Crippen molar-refractivity contribution < 1.29 is 23.5 Å². The topological polar surface area (TPSA) is 64.6 Å². The monoisotopic (exact) mass is 447 g/mol. The summed E-state index contributed by atoms with van der Waals surface area (Å²) in [5.74, 6) is -0.835. The summed E-state index contributed by atoms with van der Waals surface area (Å²) in [6.45, 7) is 3.47. The van der Waals surface area contributed by atoms with Crippen LogP contribution in [0.3, 0.4) is 0 Å². The minimum absolute atomic E-state index is 0.184. The van der Waals surface area contributed by atoms with Crippen molar-refractivity contribution in [2.24, 2.45) is 0 Å². The molecule has 0 saturated carbocycles. The lowest BCUT2D eigenvalue weighted by Gasteiger charge is -2.11. The second kappa shape index (κ2) is 9.73. The van der Waals surface area contributed by atoms with Crippen LogP contribution in [0.4, 0.5) is 9.39 Å². The number of thiophene rings is 1. The van der Waals surface area contributed by atoms with Crippen LogP contribution in [0.5, 0.6) is 5.75 Å². The molecule has 1 N–H and O–H groups in total. The number of amides is 1. The van der Waals surface area contributed by atoms with Crippen LogP contribution >= 0.6 is 22.9 Å². The fourth-order valence-electron chi connectivity index (χ4n) is 2.78. The molecular weight excluding hydrogens is 429 g/mol. The van der Waals surface area contributed by atoms with Crippen LogP contribution in [0.2, 0.25) is 5.02 Å². The minimum Gasteiger partial charge on any atom is -0.483 e. The highest BCUT2D eigenvalue weighted by atomic mass is 35.5. The van der Waals surface area contributed by atoms with Gasteiger partial charge in [0.2, 0.25) is 0 Å². The van der Waals surface area contributed by atoms with Crippen molar-refractivity contribution in [2.45, 2.75) is 13.8 Å². The zero-order chi connectivity index (χ0) is 21.7. The van der Waals surface area contributed by atoms with Crippen LogP contribution in [0.25, 0.3) is 11.1 Å². The summed E-state index contributed by atoms with van der Waals surface area (Å²) in [5.41, 5.74) is 2.23. The van der Waals surface area contributed by atoms with E-state index in [2.05, 4.69) is 5.32 Å². The second-order valence-electron chi connectivity index (χ2n) is 6.33. The lowest BCUT2D eigenvalue weighted by atomic mass is 10.0. The Morgan fingerprint density at radius 3 is 2.57 bits per heavy atom. The van der Waals surface area contributed by atoms with E-state index in [9.17, 15) is 14.0 Å². The van der Waals surface area contributed by atoms with Gasteiger partial charge in [0.1, 0.15) is 22.1 Å². The first-order valence-corrected chi connectivity index (χ1v) is 10.4. The maximum atomic E-state index is 13.3. The van der Waals surface area contributed by atoms with Crippen LogP contribution in [-0.4, -0.2) is 25.1 Å². The highest BCUT2D eigenvalue weighted by Gasteiger charge is 2.23. The highest BCUT2D eigenvalue weighted by Crippen LogP contribution is 2.36. The van der Waals surface area contributed by atoms with Crippen LogP contribution in [0, 0.1) is 12.7 Å². The number of hydrogen-bond acceptors (Lipinski definition) is 5. The Balaban J connectivity index is 1.79. The van der Waals surface area contributed by atoms with Crippen molar-refractivity contribution in [3.8, 4) is 16.9 Å². The van der Waals surface area contributed by atoms with Gasteiger partial charge in [-0.3, -0.25) is 4.79 Å². The molecule has 0 aliphatic heterocycles. The van der Waals surface area contributed by atoms with E-state index in [1.165, 1.54) is 23.5 Å². The smallest absolute Gasteiger partial charge is 0.341 e. The molecular formula is C22H19ClFNO4S. The van der Waals surface area contributed by atoms with Gasteiger partial charge in [0.25, 0.3) is 5.91 Å². The third-order valence-electron chi connectivity index (χ3n) is 4.17. The zero-order valence-electron chi connectivity index (χ0n) is 16.3. The first kappa shape index (κ1) is 21.8. The average molecular weight is 448 g/mol. The Labute approximate surface area is 182 Å². The molecule has 0 radical (unpaired) electrons. The van der Waals surface area contributed by atoms with E-state index >= 15 is 0 Å². The van der Waals surface area contributed by atoms with E-state index in [0.29, 0.717) is 26.9 Å². The lowest BCUT2D eigenvalue weighted by Crippen LogP contribution is -2.21. The number of nitrogens with one attached hydrogen (secondary N) is 1. The van der Waals surface area contributed by atoms with E-state index < -0.39 is 11.9 Å². The summed E-state index contributed by atoms with van der Waals surface area (Å²) in [5, 5.41) is 5.35. The predicted molar refractivity (Wildman–Crippen MR) is 116 cm³/mol. The van der Waals surface area contributed by atoms with Crippen molar-refractivity contribution in [1.82, 2.24) is 0 Å². The number of halogens is 2. The predicted octanol–water partition coefficient (Wildman–Crippen LogP) is 5.71. The van der Waals surface area contributed by atoms with Gasteiger partial charge in [-0.05, 0) is 55.3 Å². The molecule has 0 atom stereocenters. The maximum Gasteiger partial charge on any atom is 0.341 e. The number of benzene rings is 2. The van der Waals surface area contributed by atoms with Crippen molar-refractivity contribution >= 4 is 39.8 Å². The molecule has 30 heavy (non-hydrogen) atoms. The number of hydrogen-bond donors (Lipinski definition) is 1. The van der Waals surface area contributed by atoms with Crippen molar-refractivity contribution in [1.29, 1.82) is 0 Å². The Hall–Kier alpha value is -2.90. The molecule has 3 rings (SSSR count). The molecule has 5 nitrogen and oxygen atoms in total. The molecule has 1 aromatic heterocycles. The summed E-state index contributed by atoms with van der Waals surface area (Å²) in [6.07, 6.45) is 0. The molecule has 0 spiro atoms. The summed E-state index contributed by atoms with van der Waals surface area (Å²) in [7, 11) is 0. The van der Waals surface area contributed by atoms with Gasteiger partial charge in [0, 0.05) is 16.0 Å². The SMILES string of the molecule is CCOC(=O)c1c(-c2ccc(F)cc2)csc1NC(=O)COc1ccc(Cl)cc1C. The Morgan fingerprint density at radius 2 is 1.90 bits per heavy atom. The summed E-state index contributed by atoms with van der Waals surface area (Å²) >= 11 is 7.11. The molecule has 3 aromatic rings. The minimum atomic E-state index is -0.567. The Kier molecular flexibility index (Phi) is 7.07. The number of carbonyl (C=O) groups excluding carboxylic acids is 2. The van der Waals surface area contributed by atoms with Gasteiger partial charge in [0.05, 0.1) is 6.61 Å². The van der Waals surface area contributed by atoms with E-state index in [-0.39, 0.29) is 24.6 Å². The third-order valence-corrected chi connectivity index (χ3v) is 5.31. The molecule has 0 fully saturated rings. The fourth-order valence-corrected chi connectivity index (χ4v) is 3.98. The van der Waals surface area contributed by atoms with Crippen LogP contribution < -0.4 is 10.1 Å². The largest absolute Gasteiger partial charge is 0.483 e.